The summed E-state index contributed by atoms with van der Waals surface area (Å²) in [7, 11) is 0. The van der Waals surface area contributed by atoms with Crippen LogP contribution in [0.4, 0.5) is 0 Å². The minimum absolute atomic E-state index is 0. The van der Waals surface area contributed by atoms with E-state index in [1.54, 1.807) is 0 Å². The molecule has 1 rings (SSSR count). The first kappa shape index (κ1) is 13.3. The fourth-order valence-electron chi connectivity index (χ4n) is 1.05. The highest BCUT2D eigenvalue weighted by molar-refractivity contribution is 6.17. The number of nitrogens with one attached hydrogen (secondary N) is 1. The summed E-state index contributed by atoms with van der Waals surface area (Å²) in [4.78, 5) is 10.6. The van der Waals surface area contributed by atoms with Crippen molar-refractivity contribution < 1.29 is 4.79 Å². The van der Waals surface area contributed by atoms with Gasteiger partial charge >= 0.3 is 0 Å². The monoisotopic (exact) mass is 233 g/mol. The zero-order chi connectivity index (χ0) is 9.68. The molecule has 1 aromatic rings. The zero-order valence-electron chi connectivity index (χ0n) is 7.92. The number of hydrogen-bond donors (Lipinski definition) is 1. The van der Waals surface area contributed by atoms with Crippen molar-refractivity contribution in [2.75, 3.05) is 0 Å². The predicted molar refractivity (Wildman–Crippen MR) is 60.8 cm³/mol. The molecule has 0 atom stereocenters. The van der Waals surface area contributed by atoms with Crippen molar-refractivity contribution in [3.63, 3.8) is 0 Å². The lowest BCUT2D eigenvalue weighted by atomic mass is 10.1. The number of benzene rings is 1. The molecule has 14 heavy (non-hydrogen) atoms. The first-order chi connectivity index (χ1) is 6.22. The Morgan fingerprint density at radius 2 is 2.07 bits per heavy atom. The van der Waals surface area contributed by atoms with E-state index in [1.807, 2.05) is 24.3 Å². The van der Waals surface area contributed by atoms with Gasteiger partial charge in [-0.15, -0.1) is 24.0 Å². The minimum Gasteiger partial charge on any atom is -0.352 e. The Bertz CT molecular complexity index is 302. The molecule has 2 nitrogen and oxygen atoms in total. The van der Waals surface area contributed by atoms with Crippen LogP contribution in [0.15, 0.2) is 24.3 Å². The van der Waals surface area contributed by atoms with Crippen molar-refractivity contribution in [1.29, 1.82) is 0 Å². The van der Waals surface area contributed by atoms with Crippen molar-refractivity contribution in [3.8, 4) is 0 Å². The summed E-state index contributed by atoms with van der Waals surface area (Å²) < 4.78 is 0. The summed E-state index contributed by atoms with van der Waals surface area (Å²) in [5.74, 6) is 0.491. The Labute approximate surface area is 95.1 Å². The maximum atomic E-state index is 10.6. The van der Waals surface area contributed by atoms with E-state index in [9.17, 15) is 4.79 Å². The lowest BCUT2D eigenvalue weighted by Crippen LogP contribution is -2.18. The van der Waals surface area contributed by atoms with Crippen molar-refractivity contribution in [1.82, 2.24) is 5.32 Å². The van der Waals surface area contributed by atoms with Gasteiger partial charge < -0.3 is 5.32 Å². The molecular formula is C10H13Cl2NO. The number of carbonyl (C=O) groups is 1. The number of carbonyl (C=O) groups excluding carboxylic acids is 1. The lowest BCUT2D eigenvalue weighted by molar-refractivity contribution is -0.119. The summed E-state index contributed by atoms with van der Waals surface area (Å²) in [5.41, 5.74) is 2.15. The maximum Gasteiger partial charge on any atom is 0.217 e. The number of alkyl halides is 1. The van der Waals surface area contributed by atoms with Crippen LogP contribution in [0.2, 0.25) is 0 Å². The van der Waals surface area contributed by atoms with Gasteiger partial charge in [-0.3, -0.25) is 4.79 Å². The number of amides is 1. The Kier molecular flexibility index (Phi) is 6.34. The van der Waals surface area contributed by atoms with Gasteiger partial charge in [0.25, 0.3) is 0 Å². The van der Waals surface area contributed by atoms with Gasteiger partial charge in [0, 0.05) is 19.3 Å². The second-order valence-corrected chi connectivity index (χ2v) is 3.13. The lowest BCUT2D eigenvalue weighted by Gasteiger charge is -2.03. The summed E-state index contributed by atoms with van der Waals surface area (Å²) >= 11 is 5.67. The molecular weight excluding hydrogens is 221 g/mol. The second-order valence-electron chi connectivity index (χ2n) is 2.86. The Morgan fingerprint density at radius 1 is 1.43 bits per heavy atom. The Balaban J connectivity index is 0.00000169. The third-order valence-electron chi connectivity index (χ3n) is 1.69. The van der Waals surface area contributed by atoms with Gasteiger partial charge in [-0.05, 0) is 11.1 Å². The molecule has 0 aliphatic carbocycles. The van der Waals surface area contributed by atoms with Gasteiger partial charge in [-0.2, -0.15) is 0 Å². The summed E-state index contributed by atoms with van der Waals surface area (Å²) in [5, 5.41) is 2.73. The smallest absolute Gasteiger partial charge is 0.217 e. The van der Waals surface area contributed by atoms with Crippen molar-refractivity contribution in [2.45, 2.75) is 19.3 Å². The summed E-state index contributed by atoms with van der Waals surface area (Å²) in [6, 6.07) is 7.86. The molecule has 1 N–H and O–H groups in total. The SMILES string of the molecule is CC(=O)NCc1cccc(CCl)c1.Cl. The molecule has 0 spiro atoms. The topological polar surface area (TPSA) is 29.1 Å². The maximum absolute atomic E-state index is 10.6. The minimum atomic E-state index is -0.0173. The van der Waals surface area contributed by atoms with Crippen molar-refractivity contribution >= 4 is 29.9 Å². The largest absolute Gasteiger partial charge is 0.352 e. The average Bonchev–Trinajstić information content (AvgIpc) is 2.15. The van der Waals surface area contributed by atoms with Crippen LogP contribution in [0.25, 0.3) is 0 Å². The van der Waals surface area contributed by atoms with Gasteiger partial charge in [0.15, 0.2) is 0 Å². The molecule has 0 aliphatic rings. The van der Waals surface area contributed by atoms with E-state index in [4.69, 9.17) is 11.6 Å². The van der Waals surface area contributed by atoms with E-state index in [0.29, 0.717) is 12.4 Å². The number of hydrogen-bond acceptors (Lipinski definition) is 1. The normalized spacial score (nSPS) is 9.00. The Morgan fingerprint density at radius 3 is 2.64 bits per heavy atom. The van der Waals surface area contributed by atoms with Crippen LogP contribution in [-0.4, -0.2) is 5.91 Å². The average molecular weight is 234 g/mol. The molecule has 0 saturated carbocycles. The van der Waals surface area contributed by atoms with Gasteiger partial charge in [-0.1, -0.05) is 24.3 Å². The van der Waals surface area contributed by atoms with Crippen molar-refractivity contribution in [2.24, 2.45) is 0 Å². The van der Waals surface area contributed by atoms with Gasteiger partial charge in [0.05, 0.1) is 0 Å². The molecule has 0 fully saturated rings. The van der Waals surface area contributed by atoms with E-state index in [-0.39, 0.29) is 18.3 Å². The zero-order valence-corrected chi connectivity index (χ0v) is 9.49. The highest BCUT2D eigenvalue weighted by Crippen LogP contribution is 2.07. The van der Waals surface area contributed by atoms with Gasteiger partial charge in [0.2, 0.25) is 5.91 Å². The molecule has 0 saturated heterocycles. The molecule has 0 aliphatic heterocycles. The molecule has 0 aromatic heterocycles. The fourth-order valence-corrected chi connectivity index (χ4v) is 1.22. The van der Waals surface area contributed by atoms with Gasteiger partial charge in [-0.25, -0.2) is 0 Å². The van der Waals surface area contributed by atoms with Gasteiger partial charge in [0.1, 0.15) is 0 Å². The third-order valence-corrected chi connectivity index (χ3v) is 2.00. The van der Waals surface area contributed by atoms with Crippen molar-refractivity contribution in [3.05, 3.63) is 35.4 Å². The summed E-state index contributed by atoms with van der Waals surface area (Å²) in [6.45, 7) is 2.07. The summed E-state index contributed by atoms with van der Waals surface area (Å²) in [6.07, 6.45) is 0. The van der Waals surface area contributed by atoms with Crippen LogP contribution < -0.4 is 5.32 Å². The quantitative estimate of drug-likeness (QED) is 0.800. The van der Waals surface area contributed by atoms with E-state index < -0.39 is 0 Å². The van der Waals surface area contributed by atoms with Crippen LogP contribution in [0.5, 0.6) is 0 Å². The molecule has 0 bridgehead atoms. The van der Waals surface area contributed by atoms with Crippen LogP contribution in [0, 0.1) is 0 Å². The standard InChI is InChI=1S/C10H12ClNO.ClH/c1-8(13)12-7-10-4-2-3-9(5-10)6-11;/h2-5H,6-7H2,1H3,(H,12,13);1H. The van der Waals surface area contributed by atoms with Crippen LogP contribution >= 0.6 is 24.0 Å². The van der Waals surface area contributed by atoms with Crippen LogP contribution in [0.1, 0.15) is 18.1 Å². The van der Waals surface area contributed by atoms with E-state index in [2.05, 4.69) is 5.32 Å². The molecule has 78 valence electrons. The van der Waals surface area contributed by atoms with E-state index in [0.717, 1.165) is 11.1 Å². The molecule has 1 amide bonds. The van der Waals surface area contributed by atoms with Crippen LogP contribution in [-0.2, 0) is 17.2 Å². The first-order valence-electron chi connectivity index (χ1n) is 4.10. The van der Waals surface area contributed by atoms with E-state index in [1.165, 1.54) is 6.92 Å². The highest BCUT2D eigenvalue weighted by Gasteiger charge is 1.95. The number of rotatable bonds is 3. The molecule has 0 radical (unpaired) electrons. The molecule has 4 heteroatoms. The predicted octanol–water partition coefficient (Wildman–Crippen LogP) is 2.48. The van der Waals surface area contributed by atoms with Crippen LogP contribution in [0.3, 0.4) is 0 Å². The fraction of sp³-hybridized carbons (Fsp3) is 0.300. The number of halogens is 2. The first-order valence-corrected chi connectivity index (χ1v) is 4.64. The molecule has 0 unspecified atom stereocenters. The third kappa shape index (κ3) is 4.49. The van der Waals surface area contributed by atoms with E-state index >= 15 is 0 Å². The molecule has 0 heterocycles. The molecule has 1 aromatic carbocycles. The highest BCUT2D eigenvalue weighted by atomic mass is 35.5. The second kappa shape index (κ2) is 6.68. The Hall–Kier alpha value is -0.730.